The molecule has 4 nitrogen and oxygen atoms in total. The number of Topliss-reactive ketones (excluding diaryl/α,β-unsaturated/α-hetero) is 1. The highest BCUT2D eigenvalue weighted by Gasteiger charge is 2.23. The monoisotopic (exact) mass is 264 g/mol. The number of hydrogen-bond donors (Lipinski definition) is 1. The molecule has 0 aliphatic carbocycles. The van der Waals surface area contributed by atoms with Gasteiger partial charge >= 0.3 is 0 Å². The number of H-pyrrole nitrogens is 1. The zero-order valence-corrected chi connectivity index (χ0v) is 12.6. The number of carbonyl (C=O) groups is 2. The highest BCUT2D eigenvalue weighted by Crippen LogP contribution is 2.20. The van der Waals surface area contributed by atoms with E-state index in [0.29, 0.717) is 11.3 Å². The van der Waals surface area contributed by atoms with Gasteiger partial charge in [-0.2, -0.15) is 0 Å². The largest absolute Gasteiger partial charge is 0.354 e. The van der Waals surface area contributed by atoms with Crippen LogP contribution >= 0.6 is 0 Å². The van der Waals surface area contributed by atoms with Crippen molar-refractivity contribution in [2.75, 3.05) is 13.1 Å². The van der Waals surface area contributed by atoms with Crippen LogP contribution in [-0.4, -0.2) is 34.7 Å². The standard InChI is InChI=1S/C15H24N2O2/c1-6-8-17(9-7-2)15(19)14-10(3)13(12(5)18)11(4)16-14/h16H,6-9H2,1-5H3. The van der Waals surface area contributed by atoms with Crippen LogP contribution in [0.3, 0.4) is 0 Å². The van der Waals surface area contributed by atoms with Gasteiger partial charge in [-0.15, -0.1) is 0 Å². The Morgan fingerprint density at radius 2 is 1.63 bits per heavy atom. The summed E-state index contributed by atoms with van der Waals surface area (Å²) in [6, 6.07) is 0. The molecule has 106 valence electrons. The van der Waals surface area contributed by atoms with Gasteiger partial charge in [-0.1, -0.05) is 13.8 Å². The van der Waals surface area contributed by atoms with E-state index in [9.17, 15) is 9.59 Å². The molecule has 1 amide bonds. The topological polar surface area (TPSA) is 53.2 Å². The molecule has 0 aliphatic rings. The minimum Gasteiger partial charge on any atom is -0.354 e. The molecule has 0 radical (unpaired) electrons. The lowest BCUT2D eigenvalue weighted by Crippen LogP contribution is -2.33. The Kier molecular flexibility index (Phi) is 5.33. The summed E-state index contributed by atoms with van der Waals surface area (Å²) in [5, 5.41) is 0. The fourth-order valence-electron chi connectivity index (χ4n) is 2.50. The Labute approximate surface area is 115 Å². The van der Waals surface area contributed by atoms with Gasteiger partial charge in [-0.3, -0.25) is 9.59 Å². The van der Waals surface area contributed by atoms with Gasteiger partial charge in [-0.05, 0) is 39.2 Å². The van der Waals surface area contributed by atoms with E-state index < -0.39 is 0 Å². The van der Waals surface area contributed by atoms with Crippen LogP contribution in [0, 0.1) is 13.8 Å². The predicted octanol–water partition coefficient (Wildman–Crippen LogP) is 3.10. The molecule has 19 heavy (non-hydrogen) atoms. The van der Waals surface area contributed by atoms with Gasteiger partial charge in [0.15, 0.2) is 5.78 Å². The van der Waals surface area contributed by atoms with Gasteiger partial charge in [0, 0.05) is 24.3 Å². The first-order chi connectivity index (χ1) is 8.93. The minimum absolute atomic E-state index is 0.00262. The second-order valence-electron chi connectivity index (χ2n) is 4.97. The van der Waals surface area contributed by atoms with Crippen molar-refractivity contribution in [3.63, 3.8) is 0 Å². The van der Waals surface area contributed by atoms with Crippen molar-refractivity contribution >= 4 is 11.7 Å². The number of ketones is 1. The molecule has 0 unspecified atom stereocenters. The summed E-state index contributed by atoms with van der Waals surface area (Å²) in [7, 11) is 0. The third kappa shape index (κ3) is 3.25. The first-order valence-electron chi connectivity index (χ1n) is 6.93. The second kappa shape index (κ2) is 6.55. The maximum Gasteiger partial charge on any atom is 0.270 e. The molecule has 0 atom stereocenters. The quantitative estimate of drug-likeness (QED) is 0.803. The molecule has 1 rings (SSSR count). The highest BCUT2D eigenvalue weighted by molar-refractivity contribution is 6.02. The van der Waals surface area contributed by atoms with E-state index in [0.717, 1.165) is 37.2 Å². The second-order valence-corrected chi connectivity index (χ2v) is 4.97. The van der Waals surface area contributed by atoms with Crippen molar-refractivity contribution in [3.8, 4) is 0 Å². The highest BCUT2D eigenvalue weighted by atomic mass is 16.2. The average Bonchev–Trinajstić information content (AvgIpc) is 2.63. The normalized spacial score (nSPS) is 10.6. The van der Waals surface area contributed by atoms with Crippen LogP contribution in [0.25, 0.3) is 0 Å². The summed E-state index contributed by atoms with van der Waals surface area (Å²) in [6.07, 6.45) is 1.87. The van der Waals surface area contributed by atoms with Crippen molar-refractivity contribution in [3.05, 3.63) is 22.5 Å². The van der Waals surface area contributed by atoms with Crippen LogP contribution in [0.15, 0.2) is 0 Å². The van der Waals surface area contributed by atoms with Gasteiger partial charge in [-0.25, -0.2) is 0 Å². The van der Waals surface area contributed by atoms with E-state index in [-0.39, 0.29) is 11.7 Å². The fourth-order valence-corrected chi connectivity index (χ4v) is 2.50. The van der Waals surface area contributed by atoms with Gasteiger partial charge in [0.2, 0.25) is 0 Å². The van der Waals surface area contributed by atoms with Crippen LogP contribution in [-0.2, 0) is 0 Å². The number of nitrogens with zero attached hydrogens (tertiary/aromatic N) is 1. The molecule has 1 aromatic heterocycles. The summed E-state index contributed by atoms with van der Waals surface area (Å²) >= 11 is 0. The van der Waals surface area contributed by atoms with E-state index in [1.165, 1.54) is 6.92 Å². The Morgan fingerprint density at radius 3 is 2.00 bits per heavy atom. The van der Waals surface area contributed by atoms with Crippen LogP contribution < -0.4 is 0 Å². The van der Waals surface area contributed by atoms with Crippen molar-refractivity contribution in [2.24, 2.45) is 0 Å². The molecule has 0 bridgehead atoms. The van der Waals surface area contributed by atoms with Crippen LogP contribution in [0.2, 0.25) is 0 Å². The Balaban J connectivity index is 3.11. The van der Waals surface area contributed by atoms with Crippen molar-refractivity contribution in [1.82, 2.24) is 9.88 Å². The number of aryl methyl sites for hydroxylation is 1. The molecule has 0 aromatic carbocycles. The summed E-state index contributed by atoms with van der Waals surface area (Å²) in [5.41, 5.74) is 2.76. The molecule has 0 saturated carbocycles. The summed E-state index contributed by atoms with van der Waals surface area (Å²) in [5.74, 6) is -0.000340. The Hall–Kier alpha value is -1.58. The van der Waals surface area contributed by atoms with Crippen molar-refractivity contribution in [2.45, 2.75) is 47.5 Å². The summed E-state index contributed by atoms with van der Waals surface area (Å²) < 4.78 is 0. The van der Waals surface area contributed by atoms with E-state index in [2.05, 4.69) is 18.8 Å². The molecule has 1 N–H and O–H groups in total. The fraction of sp³-hybridized carbons (Fsp3) is 0.600. The first kappa shape index (κ1) is 15.5. The van der Waals surface area contributed by atoms with E-state index in [1.54, 1.807) is 0 Å². The smallest absolute Gasteiger partial charge is 0.270 e. The minimum atomic E-state index is -0.00296. The number of aromatic amines is 1. The first-order valence-corrected chi connectivity index (χ1v) is 6.93. The molecule has 0 saturated heterocycles. The molecule has 0 aliphatic heterocycles. The molecule has 0 fully saturated rings. The lowest BCUT2D eigenvalue weighted by molar-refractivity contribution is 0.0749. The number of nitrogens with one attached hydrogen (secondary N) is 1. The summed E-state index contributed by atoms with van der Waals surface area (Å²) in [4.78, 5) is 29.0. The zero-order chi connectivity index (χ0) is 14.6. The van der Waals surface area contributed by atoms with Crippen LogP contribution in [0.5, 0.6) is 0 Å². The maximum atomic E-state index is 12.5. The molecule has 4 heteroatoms. The van der Waals surface area contributed by atoms with Crippen molar-refractivity contribution in [1.29, 1.82) is 0 Å². The van der Waals surface area contributed by atoms with Gasteiger partial charge in [0.25, 0.3) is 5.91 Å². The SMILES string of the molecule is CCCN(CCC)C(=O)c1[nH]c(C)c(C(C)=O)c1C. The molecule has 1 aromatic rings. The average molecular weight is 264 g/mol. The summed E-state index contributed by atoms with van der Waals surface area (Å²) in [6.45, 7) is 10.8. The third-order valence-corrected chi connectivity index (χ3v) is 3.28. The van der Waals surface area contributed by atoms with E-state index >= 15 is 0 Å². The molecular formula is C15H24N2O2. The maximum absolute atomic E-state index is 12.5. The van der Waals surface area contributed by atoms with Crippen LogP contribution in [0.4, 0.5) is 0 Å². The number of rotatable bonds is 6. The van der Waals surface area contributed by atoms with E-state index in [1.807, 2.05) is 18.7 Å². The van der Waals surface area contributed by atoms with Gasteiger partial charge in [0.1, 0.15) is 5.69 Å². The zero-order valence-electron chi connectivity index (χ0n) is 12.6. The number of hydrogen-bond acceptors (Lipinski definition) is 2. The lowest BCUT2D eigenvalue weighted by atomic mass is 10.1. The number of amides is 1. The number of carbonyl (C=O) groups excluding carboxylic acids is 2. The molecular weight excluding hydrogens is 240 g/mol. The van der Waals surface area contributed by atoms with Gasteiger partial charge in [0.05, 0.1) is 0 Å². The molecule has 0 spiro atoms. The van der Waals surface area contributed by atoms with Gasteiger partial charge < -0.3 is 9.88 Å². The molecule has 1 heterocycles. The lowest BCUT2D eigenvalue weighted by Gasteiger charge is -2.21. The third-order valence-electron chi connectivity index (χ3n) is 3.28. The van der Waals surface area contributed by atoms with Crippen molar-refractivity contribution < 1.29 is 9.59 Å². The number of aromatic nitrogens is 1. The van der Waals surface area contributed by atoms with E-state index in [4.69, 9.17) is 0 Å². The predicted molar refractivity (Wildman–Crippen MR) is 76.8 cm³/mol. The Morgan fingerprint density at radius 1 is 1.11 bits per heavy atom. The van der Waals surface area contributed by atoms with Crippen LogP contribution in [0.1, 0.15) is 65.7 Å². The Bertz CT molecular complexity index is 469.